The predicted octanol–water partition coefficient (Wildman–Crippen LogP) is 2.78. The van der Waals surface area contributed by atoms with Crippen molar-refractivity contribution in [2.75, 3.05) is 6.61 Å². The van der Waals surface area contributed by atoms with E-state index in [9.17, 15) is 9.59 Å². The molecule has 0 aromatic heterocycles. The zero-order valence-electron chi connectivity index (χ0n) is 15.2. The molecule has 3 aliphatic heterocycles. The number of carbonyl (C=O) groups is 2. The van der Waals surface area contributed by atoms with E-state index in [1.165, 1.54) is 0 Å². The Morgan fingerprint density at radius 3 is 2.72 bits per heavy atom. The van der Waals surface area contributed by atoms with E-state index in [2.05, 4.69) is 20.8 Å². The Labute approximate surface area is 148 Å². The number of hydrogen-bond donors (Lipinski definition) is 0. The van der Waals surface area contributed by atoms with Gasteiger partial charge in [0.05, 0.1) is 17.3 Å². The van der Waals surface area contributed by atoms with E-state index in [1.807, 2.05) is 0 Å². The van der Waals surface area contributed by atoms with Crippen molar-refractivity contribution in [2.45, 2.75) is 70.2 Å². The zero-order chi connectivity index (χ0) is 17.7. The number of ketones is 1. The lowest BCUT2D eigenvalue weighted by molar-refractivity contribution is -0.245. The standard InChI is InChI=1S/C20H26O5/c1-12-9-13-15-17(2,16(22)24-13)5-4-6-18(15,3)20(12)10-14(21)19(25-20)7-8-23-11-19/h7-8,12-13,15H,4-6,9-11H2,1-3H3. The highest BCUT2D eigenvalue weighted by Crippen LogP contribution is 2.70. The number of fused-ring (bicyclic) bond motifs is 1. The van der Waals surface area contributed by atoms with Gasteiger partial charge in [0.1, 0.15) is 12.7 Å². The van der Waals surface area contributed by atoms with Gasteiger partial charge >= 0.3 is 5.97 Å². The van der Waals surface area contributed by atoms with Crippen molar-refractivity contribution >= 4 is 11.8 Å². The fourth-order valence-corrected chi connectivity index (χ4v) is 7.00. The van der Waals surface area contributed by atoms with E-state index in [1.54, 1.807) is 12.3 Å². The van der Waals surface area contributed by atoms with Crippen LogP contribution < -0.4 is 0 Å². The van der Waals surface area contributed by atoms with Crippen LogP contribution in [0.4, 0.5) is 0 Å². The molecule has 0 aromatic rings. The van der Waals surface area contributed by atoms with Gasteiger partial charge in [-0.3, -0.25) is 9.59 Å². The van der Waals surface area contributed by atoms with Crippen LogP contribution in [-0.4, -0.2) is 35.7 Å². The Hall–Kier alpha value is -1.36. The molecule has 5 aliphatic rings. The summed E-state index contributed by atoms with van der Waals surface area (Å²) in [5.74, 6) is 0.335. The Bertz CT molecular complexity index is 700. The lowest BCUT2D eigenvalue weighted by Gasteiger charge is -2.61. The fraction of sp³-hybridized carbons (Fsp3) is 0.800. The maximum absolute atomic E-state index is 13.0. The quantitative estimate of drug-likeness (QED) is 0.631. The molecule has 4 fully saturated rings. The Morgan fingerprint density at radius 1 is 1.20 bits per heavy atom. The largest absolute Gasteiger partial charge is 0.498 e. The van der Waals surface area contributed by atoms with Gasteiger partial charge in [0, 0.05) is 17.8 Å². The van der Waals surface area contributed by atoms with Crippen molar-refractivity contribution in [3.05, 3.63) is 12.3 Å². The van der Waals surface area contributed by atoms with Gasteiger partial charge in [-0.2, -0.15) is 0 Å². The first-order chi connectivity index (χ1) is 11.8. The number of rotatable bonds is 0. The first-order valence-electron chi connectivity index (χ1n) is 9.51. The number of hydrogen-bond acceptors (Lipinski definition) is 5. The summed E-state index contributed by atoms with van der Waals surface area (Å²) >= 11 is 0. The summed E-state index contributed by atoms with van der Waals surface area (Å²) in [6.45, 7) is 6.74. The van der Waals surface area contributed by atoms with Crippen LogP contribution in [0.5, 0.6) is 0 Å². The molecule has 136 valence electrons. The molecule has 0 bridgehead atoms. The molecule has 5 rings (SSSR count). The topological polar surface area (TPSA) is 61.8 Å². The maximum Gasteiger partial charge on any atom is 0.312 e. The zero-order valence-corrected chi connectivity index (χ0v) is 15.2. The smallest absolute Gasteiger partial charge is 0.312 e. The molecule has 7 atom stereocenters. The van der Waals surface area contributed by atoms with Crippen LogP contribution in [0, 0.1) is 22.7 Å². The third-order valence-electron chi connectivity index (χ3n) is 8.20. The van der Waals surface area contributed by atoms with E-state index < -0.39 is 16.6 Å². The molecule has 5 nitrogen and oxygen atoms in total. The number of Topliss-reactive ketones (excluding diaryl/α,β-unsaturated/α-hetero) is 1. The third-order valence-corrected chi connectivity index (χ3v) is 8.20. The average Bonchev–Trinajstić information content (AvgIpc) is 3.19. The van der Waals surface area contributed by atoms with E-state index in [0.29, 0.717) is 6.42 Å². The predicted molar refractivity (Wildman–Crippen MR) is 88.5 cm³/mol. The van der Waals surface area contributed by atoms with E-state index in [4.69, 9.17) is 14.2 Å². The molecule has 3 heterocycles. The second-order valence-electron chi connectivity index (χ2n) is 9.34. The normalized spacial score (nSPS) is 56.4. The minimum Gasteiger partial charge on any atom is -0.498 e. The summed E-state index contributed by atoms with van der Waals surface area (Å²) in [6.07, 6.45) is 7.31. The lowest BCUT2D eigenvalue weighted by atomic mass is 9.44. The molecule has 0 radical (unpaired) electrons. The monoisotopic (exact) mass is 346 g/mol. The minimum absolute atomic E-state index is 0.0472. The number of ether oxygens (including phenoxy) is 3. The highest BCUT2D eigenvalue weighted by Gasteiger charge is 2.75. The molecule has 5 heteroatoms. The molecular formula is C20H26O5. The number of esters is 1. The van der Waals surface area contributed by atoms with E-state index >= 15 is 0 Å². The summed E-state index contributed by atoms with van der Waals surface area (Å²) in [5.41, 5.74) is -2.17. The molecule has 2 spiro atoms. The minimum atomic E-state index is -0.929. The van der Waals surface area contributed by atoms with Gasteiger partial charge in [0.2, 0.25) is 0 Å². The maximum atomic E-state index is 13.0. The van der Waals surface area contributed by atoms with Crippen molar-refractivity contribution in [1.29, 1.82) is 0 Å². The highest BCUT2D eigenvalue weighted by atomic mass is 16.6. The van der Waals surface area contributed by atoms with Crippen molar-refractivity contribution in [1.82, 2.24) is 0 Å². The van der Waals surface area contributed by atoms with Gasteiger partial charge in [-0.25, -0.2) is 0 Å². The van der Waals surface area contributed by atoms with E-state index in [-0.39, 0.29) is 41.7 Å². The van der Waals surface area contributed by atoms with Gasteiger partial charge in [-0.05, 0) is 38.2 Å². The molecule has 7 unspecified atom stereocenters. The van der Waals surface area contributed by atoms with Crippen molar-refractivity contribution in [3.8, 4) is 0 Å². The van der Waals surface area contributed by atoms with Crippen LogP contribution in [-0.2, 0) is 23.8 Å². The van der Waals surface area contributed by atoms with Crippen LogP contribution >= 0.6 is 0 Å². The van der Waals surface area contributed by atoms with Crippen molar-refractivity contribution in [3.63, 3.8) is 0 Å². The van der Waals surface area contributed by atoms with Gasteiger partial charge < -0.3 is 14.2 Å². The number of carbonyl (C=O) groups excluding carboxylic acids is 2. The van der Waals surface area contributed by atoms with Crippen LogP contribution in [0.25, 0.3) is 0 Å². The van der Waals surface area contributed by atoms with Crippen molar-refractivity contribution in [2.24, 2.45) is 22.7 Å². The molecular weight excluding hydrogens is 320 g/mol. The van der Waals surface area contributed by atoms with Gasteiger partial charge in [-0.15, -0.1) is 0 Å². The van der Waals surface area contributed by atoms with Crippen LogP contribution in [0.15, 0.2) is 12.3 Å². The summed E-state index contributed by atoms with van der Waals surface area (Å²) in [4.78, 5) is 25.7. The van der Waals surface area contributed by atoms with Crippen LogP contribution in [0.1, 0.15) is 52.9 Å². The average molecular weight is 346 g/mol. The third kappa shape index (κ3) is 1.60. The van der Waals surface area contributed by atoms with Crippen molar-refractivity contribution < 1.29 is 23.8 Å². The van der Waals surface area contributed by atoms with Crippen LogP contribution in [0.3, 0.4) is 0 Å². The second-order valence-corrected chi connectivity index (χ2v) is 9.34. The summed E-state index contributed by atoms with van der Waals surface area (Å²) in [6, 6.07) is 0. The molecule has 0 N–H and O–H groups in total. The fourth-order valence-electron chi connectivity index (χ4n) is 7.00. The highest BCUT2D eigenvalue weighted by molar-refractivity contribution is 5.93. The summed E-state index contributed by atoms with van der Waals surface area (Å²) in [5, 5.41) is 0. The van der Waals surface area contributed by atoms with Crippen LogP contribution in [0.2, 0.25) is 0 Å². The van der Waals surface area contributed by atoms with Gasteiger partial charge in [0.15, 0.2) is 11.4 Å². The first-order valence-corrected chi connectivity index (χ1v) is 9.51. The summed E-state index contributed by atoms with van der Waals surface area (Å²) < 4.78 is 17.9. The second kappa shape index (κ2) is 4.48. The molecule has 0 aromatic carbocycles. The summed E-state index contributed by atoms with van der Waals surface area (Å²) in [7, 11) is 0. The van der Waals surface area contributed by atoms with Gasteiger partial charge in [-0.1, -0.05) is 20.3 Å². The Kier molecular flexibility index (Phi) is 2.84. The Morgan fingerprint density at radius 2 is 2.00 bits per heavy atom. The molecule has 2 aliphatic carbocycles. The first kappa shape index (κ1) is 15.9. The SMILES string of the molecule is CC1CC2OC(=O)C3(C)CCCC(C)(C23)C12CC(=O)C1(C=COC1)O2. The Balaban J connectivity index is 1.65. The lowest BCUT2D eigenvalue weighted by Crippen LogP contribution is -2.65. The van der Waals surface area contributed by atoms with E-state index in [0.717, 1.165) is 25.7 Å². The molecule has 2 saturated carbocycles. The molecule has 2 saturated heterocycles. The van der Waals surface area contributed by atoms with Gasteiger partial charge in [0.25, 0.3) is 0 Å². The molecule has 0 amide bonds. The molecule has 25 heavy (non-hydrogen) atoms.